The number of aryl methyl sites for hydroxylation is 1. The largest absolute Gasteiger partial charge is 0.494 e. The molecular formula is C24H28N2O4. The summed E-state index contributed by atoms with van der Waals surface area (Å²) in [5.74, 6) is 0.542. The summed E-state index contributed by atoms with van der Waals surface area (Å²) in [6.45, 7) is 4.55. The van der Waals surface area contributed by atoms with Crippen molar-refractivity contribution in [2.24, 2.45) is 5.92 Å². The van der Waals surface area contributed by atoms with Crippen molar-refractivity contribution in [1.82, 2.24) is 0 Å². The SMILES string of the molecule is CCCOc1ccc(C(=O)CCC(=O)Nc2cc(NC(=O)C3CC3)ccc2C)cc1. The quantitative estimate of drug-likeness (QED) is 0.557. The standard InChI is InChI=1S/C24H28N2O4/c1-3-14-30-20-10-7-17(8-11-20)22(27)12-13-23(28)26-21-15-19(9-4-16(21)2)25-24(29)18-5-6-18/h4,7-11,15,18H,3,5-6,12-14H2,1-2H3,(H,25,29)(H,26,28). The summed E-state index contributed by atoms with van der Waals surface area (Å²) in [5.41, 5.74) is 2.75. The fourth-order valence-corrected chi connectivity index (χ4v) is 2.97. The van der Waals surface area contributed by atoms with Crippen molar-refractivity contribution in [3.63, 3.8) is 0 Å². The number of carbonyl (C=O) groups is 3. The summed E-state index contributed by atoms with van der Waals surface area (Å²) < 4.78 is 5.51. The highest BCUT2D eigenvalue weighted by atomic mass is 16.5. The number of Topliss-reactive ketones (excluding diaryl/α,β-unsaturated/α-hetero) is 1. The van der Waals surface area contributed by atoms with Gasteiger partial charge in [-0.05, 0) is 68.1 Å². The lowest BCUT2D eigenvalue weighted by atomic mass is 10.1. The minimum absolute atomic E-state index is 0.0211. The minimum Gasteiger partial charge on any atom is -0.494 e. The van der Waals surface area contributed by atoms with Crippen molar-refractivity contribution in [2.45, 2.75) is 46.0 Å². The highest BCUT2D eigenvalue weighted by molar-refractivity contribution is 6.00. The van der Waals surface area contributed by atoms with Gasteiger partial charge < -0.3 is 15.4 Å². The Morgan fingerprint density at radius 3 is 2.40 bits per heavy atom. The first-order chi connectivity index (χ1) is 14.5. The number of carbonyl (C=O) groups excluding carboxylic acids is 3. The molecule has 6 heteroatoms. The normalized spacial score (nSPS) is 12.9. The average Bonchev–Trinajstić information content (AvgIpc) is 3.59. The fourth-order valence-electron chi connectivity index (χ4n) is 2.97. The van der Waals surface area contributed by atoms with Crippen molar-refractivity contribution in [2.75, 3.05) is 17.2 Å². The highest BCUT2D eigenvalue weighted by Crippen LogP contribution is 2.31. The van der Waals surface area contributed by atoms with Gasteiger partial charge in [0.15, 0.2) is 5.78 Å². The van der Waals surface area contributed by atoms with E-state index in [2.05, 4.69) is 10.6 Å². The summed E-state index contributed by atoms with van der Waals surface area (Å²) in [4.78, 5) is 36.7. The van der Waals surface area contributed by atoms with Gasteiger partial charge in [-0.15, -0.1) is 0 Å². The van der Waals surface area contributed by atoms with Crippen molar-refractivity contribution >= 4 is 29.0 Å². The molecule has 0 saturated heterocycles. The number of hydrogen-bond donors (Lipinski definition) is 2. The molecule has 0 atom stereocenters. The lowest BCUT2D eigenvalue weighted by Crippen LogP contribution is -2.16. The molecule has 158 valence electrons. The van der Waals surface area contributed by atoms with E-state index in [4.69, 9.17) is 4.74 Å². The maximum Gasteiger partial charge on any atom is 0.227 e. The van der Waals surface area contributed by atoms with Gasteiger partial charge in [0, 0.05) is 35.7 Å². The molecule has 1 saturated carbocycles. The van der Waals surface area contributed by atoms with E-state index in [1.54, 1.807) is 30.3 Å². The van der Waals surface area contributed by atoms with E-state index in [1.165, 1.54) is 0 Å². The van der Waals surface area contributed by atoms with Crippen LogP contribution in [-0.4, -0.2) is 24.2 Å². The van der Waals surface area contributed by atoms with Gasteiger partial charge in [0.2, 0.25) is 11.8 Å². The molecule has 0 bridgehead atoms. The van der Waals surface area contributed by atoms with Crippen molar-refractivity contribution in [3.05, 3.63) is 53.6 Å². The third-order valence-corrected chi connectivity index (χ3v) is 4.96. The molecular weight excluding hydrogens is 380 g/mol. The zero-order valence-electron chi connectivity index (χ0n) is 17.5. The molecule has 3 rings (SSSR count). The number of amides is 2. The molecule has 2 aromatic rings. The molecule has 2 aromatic carbocycles. The predicted molar refractivity (Wildman–Crippen MR) is 117 cm³/mol. The second-order valence-corrected chi connectivity index (χ2v) is 7.64. The van der Waals surface area contributed by atoms with Crippen molar-refractivity contribution in [3.8, 4) is 5.75 Å². The third kappa shape index (κ3) is 6.17. The van der Waals surface area contributed by atoms with E-state index in [0.717, 1.165) is 30.6 Å². The Hall–Kier alpha value is -3.15. The molecule has 30 heavy (non-hydrogen) atoms. The molecule has 0 aliphatic heterocycles. The molecule has 0 unspecified atom stereocenters. The molecule has 2 N–H and O–H groups in total. The van der Waals surface area contributed by atoms with Gasteiger partial charge >= 0.3 is 0 Å². The number of rotatable bonds is 10. The Morgan fingerprint density at radius 2 is 1.73 bits per heavy atom. The van der Waals surface area contributed by atoms with Gasteiger partial charge in [0.25, 0.3) is 0 Å². The molecule has 0 spiro atoms. The average molecular weight is 408 g/mol. The van der Waals surface area contributed by atoms with E-state index in [1.807, 2.05) is 26.0 Å². The number of ketones is 1. The predicted octanol–water partition coefficient (Wildman–Crippen LogP) is 4.73. The summed E-state index contributed by atoms with van der Waals surface area (Å²) in [5, 5.41) is 5.72. The second-order valence-electron chi connectivity index (χ2n) is 7.64. The van der Waals surface area contributed by atoms with Crippen LogP contribution in [0.4, 0.5) is 11.4 Å². The van der Waals surface area contributed by atoms with Gasteiger partial charge in [-0.3, -0.25) is 14.4 Å². The van der Waals surface area contributed by atoms with Crippen LogP contribution in [0.1, 0.15) is 54.9 Å². The molecule has 1 aliphatic rings. The summed E-state index contributed by atoms with van der Waals surface area (Å²) >= 11 is 0. The smallest absolute Gasteiger partial charge is 0.227 e. The maximum absolute atomic E-state index is 12.4. The van der Waals surface area contributed by atoms with Crippen LogP contribution in [0.15, 0.2) is 42.5 Å². The van der Waals surface area contributed by atoms with Crippen LogP contribution in [0.25, 0.3) is 0 Å². The maximum atomic E-state index is 12.4. The third-order valence-electron chi connectivity index (χ3n) is 4.96. The van der Waals surface area contributed by atoms with Crippen molar-refractivity contribution in [1.29, 1.82) is 0 Å². The monoisotopic (exact) mass is 408 g/mol. The first-order valence-corrected chi connectivity index (χ1v) is 10.4. The molecule has 0 radical (unpaired) electrons. The second kappa shape index (κ2) is 10.1. The van der Waals surface area contributed by atoms with Gasteiger partial charge in [-0.1, -0.05) is 13.0 Å². The number of benzene rings is 2. The van der Waals surface area contributed by atoms with Crippen molar-refractivity contribution < 1.29 is 19.1 Å². The molecule has 2 amide bonds. The lowest BCUT2D eigenvalue weighted by Gasteiger charge is -2.11. The van der Waals surface area contributed by atoms with Gasteiger partial charge in [-0.2, -0.15) is 0 Å². The molecule has 1 fully saturated rings. The Morgan fingerprint density at radius 1 is 1.00 bits per heavy atom. The molecule has 1 aliphatic carbocycles. The van der Waals surface area contributed by atoms with E-state index < -0.39 is 0 Å². The van der Waals surface area contributed by atoms with Crippen LogP contribution < -0.4 is 15.4 Å². The van der Waals surface area contributed by atoms with Crippen LogP contribution >= 0.6 is 0 Å². The van der Waals surface area contributed by atoms with Crippen LogP contribution in [0.5, 0.6) is 5.75 Å². The zero-order valence-corrected chi connectivity index (χ0v) is 17.5. The Balaban J connectivity index is 1.51. The number of nitrogens with one attached hydrogen (secondary N) is 2. The van der Waals surface area contributed by atoms with Crippen LogP contribution in [0, 0.1) is 12.8 Å². The molecule has 6 nitrogen and oxygen atoms in total. The summed E-state index contributed by atoms with van der Waals surface area (Å²) in [6, 6.07) is 12.4. The van der Waals surface area contributed by atoms with E-state index in [0.29, 0.717) is 23.5 Å². The fraction of sp³-hybridized carbons (Fsp3) is 0.375. The first-order valence-electron chi connectivity index (χ1n) is 10.4. The highest BCUT2D eigenvalue weighted by Gasteiger charge is 2.29. The summed E-state index contributed by atoms with van der Waals surface area (Å²) in [6.07, 6.45) is 3.00. The number of anilines is 2. The number of ether oxygens (including phenoxy) is 1. The van der Waals surface area contributed by atoms with E-state index in [9.17, 15) is 14.4 Å². The Bertz CT molecular complexity index is 917. The Labute approximate surface area is 177 Å². The number of hydrogen-bond acceptors (Lipinski definition) is 4. The van der Waals surface area contributed by atoms with Gasteiger partial charge in [0.05, 0.1) is 6.61 Å². The van der Waals surface area contributed by atoms with Crippen LogP contribution in [0.2, 0.25) is 0 Å². The first kappa shape index (κ1) is 21.6. The van der Waals surface area contributed by atoms with E-state index in [-0.39, 0.29) is 36.4 Å². The van der Waals surface area contributed by atoms with Gasteiger partial charge in [0.1, 0.15) is 5.75 Å². The van der Waals surface area contributed by atoms with Gasteiger partial charge in [-0.25, -0.2) is 0 Å². The minimum atomic E-state index is -0.236. The molecule has 0 aromatic heterocycles. The zero-order chi connectivity index (χ0) is 21.5. The summed E-state index contributed by atoms with van der Waals surface area (Å²) in [7, 11) is 0. The van der Waals surface area contributed by atoms with E-state index >= 15 is 0 Å². The molecule has 0 heterocycles. The van der Waals surface area contributed by atoms with Crippen LogP contribution in [-0.2, 0) is 9.59 Å². The lowest BCUT2D eigenvalue weighted by molar-refractivity contribution is -0.117. The van der Waals surface area contributed by atoms with Crippen LogP contribution in [0.3, 0.4) is 0 Å². The topological polar surface area (TPSA) is 84.5 Å². The Kier molecular flexibility index (Phi) is 7.22.